The number of aliphatic hydroxyl groups is 4. The van der Waals surface area contributed by atoms with Gasteiger partial charge in [0.1, 0.15) is 30.5 Å². The van der Waals surface area contributed by atoms with Crippen LogP contribution in [0.5, 0.6) is 0 Å². The van der Waals surface area contributed by atoms with Crippen molar-refractivity contribution >= 4 is 5.97 Å². The number of esters is 1. The van der Waals surface area contributed by atoms with E-state index in [2.05, 4.69) is 98.9 Å². The summed E-state index contributed by atoms with van der Waals surface area (Å²) < 4.78 is 22.9. The molecular formula is C55H94O9. The Morgan fingerprint density at radius 3 is 1.36 bits per heavy atom. The maximum absolute atomic E-state index is 12.8. The third-order valence-corrected chi connectivity index (χ3v) is 11.3. The zero-order valence-electron chi connectivity index (χ0n) is 40.5. The molecule has 1 aliphatic heterocycles. The second kappa shape index (κ2) is 45.5. The molecule has 4 N–H and O–H groups in total. The average molecular weight is 899 g/mol. The molecule has 0 bridgehead atoms. The van der Waals surface area contributed by atoms with E-state index in [9.17, 15) is 25.2 Å². The summed E-state index contributed by atoms with van der Waals surface area (Å²) in [7, 11) is 0. The first-order valence-corrected chi connectivity index (χ1v) is 25.7. The molecule has 1 aliphatic rings. The number of carbonyl (C=O) groups excluding carboxylic acids is 1. The monoisotopic (exact) mass is 899 g/mol. The van der Waals surface area contributed by atoms with Crippen molar-refractivity contribution in [3.63, 3.8) is 0 Å². The van der Waals surface area contributed by atoms with Crippen LogP contribution < -0.4 is 0 Å². The molecule has 9 heteroatoms. The van der Waals surface area contributed by atoms with Crippen LogP contribution in [-0.2, 0) is 23.7 Å². The predicted octanol–water partition coefficient (Wildman–Crippen LogP) is 12.6. The van der Waals surface area contributed by atoms with Crippen LogP contribution in [0.4, 0.5) is 0 Å². The number of carbonyl (C=O) groups is 1. The minimum Gasteiger partial charge on any atom is -0.457 e. The maximum Gasteiger partial charge on any atom is 0.306 e. The molecule has 0 amide bonds. The Kier molecular flexibility index (Phi) is 42.2. The number of aliphatic hydroxyl groups excluding tert-OH is 4. The third kappa shape index (κ3) is 35.6. The van der Waals surface area contributed by atoms with E-state index in [1.807, 2.05) is 0 Å². The molecule has 1 saturated heterocycles. The molecule has 64 heavy (non-hydrogen) atoms. The number of rotatable bonds is 43. The van der Waals surface area contributed by atoms with Gasteiger partial charge < -0.3 is 39.4 Å². The first-order chi connectivity index (χ1) is 31.4. The van der Waals surface area contributed by atoms with Crippen molar-refractivity contribution in [2.24, 2.45) is 0 Å². The van der Waals surface area contributed by atoms with Gasteiger partial charge in [0.2, 0.25) is 0 Å². The maximum atomic E-state index is 12.8. The molecule has 1 heterocycles. The highest BCUT2D eigenvalue weighted by molar-refractivity contribution is 5.69. The lowest BCUT2D eigenvalue weighted by atomic mass is 9.99. The molecule has 0 saturated carbocycles. The lowest BCUT2D eigenvalue weighted by molar-refractivity contribution is -0.305. The van der Waals surface area contributed by atoms with E-state index in [1.165, 1.54) is 77.0 Å². The molecule has 0 spiro atoms. The molecular weight excluding hydrogens is 805 g/mol. The zero-order valence-corrected chi connectivity index (χ0v) is 40.5. The van der Waals surface area contributed by atoms with Crippen molar-refractivity contribution in [3.05, 3.63) is 85.1 Å². The summed E-state index contributed by atoms with van der Waals surface area (Å²) in [5.41, 5.74) is 0. The summed E-state index contributed by atoms with van der Waals surface area (Å²) in [6.45, 7) is 4.32. The van der Waals surface area contributed by atoms with Gasteiger partial charge in [0.05, 0.1) is 19.8 Å². The molecule has 0 aromatic heterocycles. The predicted molar refractivity (Wildman–Crippen MR) is 265 cm³/mol. The van der Waals surface area contributed by atoms with Crippen LogP contribution >= 0.6 is 0 Å². The summed E-state index contributed by atoms with van der Waals surface area (Å²) in [5.74, 6) is -0.324. The summed E-state index contributed by atoms with van der Waals surface area (Å²) in [4.78, 5) is 12.8. The van der Waals surface area contributed by atoms with Crippen molar-refractivity contribution in [1.82, 2.24) is 0 Å². The highest BCUT2D eigenvalue weighted by Gasteiger charge is 2.44. The Labute approximate surface area is 390 Å². The molecule has 0 radical (unpaired) electrons. The van der Waals surface area contributed by atoms with E-state index in [4.69, 9.17) is 18.9 Å². The molecule has 6 atom stereocenters. The minimum atomic E-state index is -1.54. The van der Waals surface area contributed by atoms with E-state index >= 15 is 0 Å². The summed E-state index contributed by atoms with van der Waals surface area (Å²) in [5, 5.41) is 40.3. The molecule has 0 aromatic carbocycles. The highest BCUT2D eigenvalue weighted by Crippen LogP contribution is 2.23. The highest BCUT2D eigenvalue weighted by atomic mass is 16.7. The van der Waals surface area contributed by atoms with Gasteiger partial charge >= 0.3 is 5.97 Å². The molecule has 1 rings (SSSR count). The van der Waals surface area contributed by atoms with Gasteiger partial charge in [-0.05, 0) is 83.5 Å². The van der Waals surface area contributed by atoms with Crippen LogP contribution in [0.25, 0.3) is 0 Å². The van der Waals surface area contributed by atoms with E-state index in [1.54, 1.807) is 0 Å². The van der Waals surface area contributed by atoms with Gasteiger partial charge in [0, 0.05) is 13.0 Å². The van der Waals surface area contributed by atoms with Gasteiger partial charge in [-0.3, -0.25) is 4.79 Å². The number of hydrogen-bond donors (Lipinski definition) is 4. The number of hydrogen-bond acceptors (Lipinski definition) is 9. The van der Waals surface area contributed by atoms with Gasteiger partial charge in [-0.1, -0.05) is 189 Å². The average Bonchev–Trinajstić information content (AvgIpc) is 3.30. The standard InChI is InChI=1S/C55H94O9/c1-3-5-7-9-11-13-15-17-19-21-23-24-25-26-27-28-30-32-34-36-38-40-42-44-51(57)63-49(48-62-55-54(60)53(59)52(58)50(46-56)64-55)47-61-45-43-41-39-37-35-33-31-29-22-20-18-16-14-12-10-8-6-4-2/h5-8,11-14,17-20,23-24,49-50,52-56,58-60H,3-4,9-10,15-16,21-22,25-48H2,1-2H3/b7-5-,8-6-,13-11-,14-12-,19-17-,20-18-,24-23-. The third-order valence-electron chi connectivity index (χ3n) is 11.3. The number of ether oxygens (including phenoxy) is 4. The fraction of sp³-hybridized carbons (Fsp3) is 0.727. The fourth-order valence-electron chi connectivity index (χ4n) is 7.38. The second-order valence-electron chi connectivity index (χ2n) is 17.2. The summed E-state index contributed by atoms with van der Waals surface area (Å²) in [6.07, 6.45) is 54.7. The lowest BCUT2D eigenvalue weighted by Crippen LogP contribution is -2.59. The smallest absolute Gasteiger partial charge is 0.306 e. The van der Waals surface area contributed by atoms with Crippen molar-refractivity contribution < 1.29 is 44.2 Å². The van der Waals surface area contributed by atoms with E-state index in [-0.39, 0.29) is 19.2 Å². The number of unbranched alkanes of at least 4 members (excludes halogenated alkanes) is 18. The molecule has 0 aliphatic carbocycles. The van der Waals surface area contributed by atoms with E-state index in [0.29, 0.717) is 13.0 Å². The Balaban J connectivity index is 2.21. The van der Waals surface area contributed by atoms with Gasteiger partial charge in [-0.2, -0.15) is 0 Å². The Morgan fingerprint density at radius 1 is 0.500 bits per heavy atom. The molecule has 0 aromatic rings. The second-order valence-corrected chi connectivity index (χ2v) is 17.2. The molecule has 6 unspecified atom stereocenters. The van der Waals surface area contributed by atoms with Crippen LogP contribution in [-0.4, -0.2) is 89.6 Å². The van der Waals surface area contributed by atoms with Crippen molar-refractivity contribution in [2.45, 2.75) is 230 Å². The minimum absolute atomic E-state index is 0.122. The van der Waals surface area contributed by atoms with Gasteiger partial charge in [0.15, 0.2) is 6.29 Å². The van der Waals surface area contributed by atoms with Crippen LogP contribution in [0.15, 0.2) is 85.1 Å². The van der Waals surface area contributed by atoms with Crippen molar-refractivity contribution in [3.8, 4) is 0 Å². The van der Waals surface area contributed by atoms with Gasteiger partial charge in [0.25, 0.3) is 0 Å². The van der Waals surface area contributed by atoms with Gasteiger partial charge in [-0.25, -0.2) is 0 Å². The summed E-state index contributed by atoms with van der Waals surface area (Å²) >= 11 is 0. The quantitative estimate of drug-likeness (QED) is 0.0268. The van der Waals surface area contributed by atoms with Crippen LogP contribution in [0.2, 0.25) is 0 Å². The lowest BCUT2D eigenvalue weighted by Gasteiger charge is -2.39. The molecule has 1 fully saturated rings. The Hall–Kier alpha value is -2.63. The normalized spacial score (nSPS) is 20.2. The Morgan fingerprint density at radius 2 is 0.906 bits per heavy atom. The topological polar surface area (TPSA) is 135 Å². The van der Waals surface area contributed by atoms with Crippen molar-refractivity contribution in [2.75, 3.05) is 26.4 Å². The van der Waals surface area contributed by atoms with E-state index < -0.39 is 43.4 Å². The largest absolute Gasteiger partial charge is 0.457 e. The zero-order chi connectivity index (χ0) is 46.4. The molecule has 9 nitrogen and oxygen atoms in total. The summed E-state index contributed by atoms with van der Waals surface area (Å²) in [6, 6.07) is 0. The fourth-order valence-corrected chi connectivity index (χ4v) is 7.38. The first-order valence-electron chi connectivity index (χ1n) is 25.7. The van der Waals surface area contributed by atoms with Crippen LogP contribution in [0.3, 0.4) is 0 Å². The van der Waals surface area contributed by atoms with E-state index in [0.717, 1.165) is 96.3 Å². The molecule has 368 valence electrons. The Bertz CT molecular complexity index is 1250. The SMILES string of the molecule is CC/C=C\C/C=C\C/C=C\C/C=C\CCCCCCCCCCCCC(=O)OC(COCCCCCCCCCC/C=C\C/C=C\C/C=C\CC)COC1OC(CO)C(O)C(O)C1O. The van der Waals surface area contributed by atoms with Gasteiger partial charge in [-0.15, -0.1) is 0 Å². The van der Waals surface area contributed by atoms with Crippen LogP contribution in [0.1, 0.15) is 194 Å². The van der Waals surface area contributed by atoms with Crippen LogP contribution in [0, 0.1) is 0 Å². The first kappa shape index (κ1) is 59.4. The number of allylic oxidation sites excluding steroid dienone is 14. The van der Waals surface area contributed by atoms with Crippen molar-refractivity contribution in [1.29, 1.82) is 0 Å².